The Morgan fingerprint density at radius 2 is 2.33 bits per heavy atom. The summed E-state index contributed by atoms with van der Waals surface area (Å²) in [6.45, 7) is 0. The van der Waals surface area contributed by atoms with E-state index in [1.54, 1.807) is 0 Å². The smallest absolute Gasteiger partial charge is 0.0718 e. The topological polar surface area (TPSA) is 49.8 Å². The molecule has 0 fully saturated rings. The molecule has 0 aliphatic heterocycles. The Morgan fingerprint density at radius 1 is 1.50 bits per heavy atom. The summed E-state index contributed by atoms with van der Waals surface area (Å²) in [6, 6.07) is 8.12. The van der Waals surface area contributed by atoms with E-state index in [-0.39, 0.29) is 5.92 Å². The summed E-state index contributed by atoms with van der Waals surface area (Å²) >= 11 is 0. The van der Waals surface area contributed by atoms with Gasteiger partial charge in [-0.05, 0) is 36.1 Å². The van der Waals surface area contributed by atoms with Crippen molar-refractivity contribution in [1.29, 1.82) is 5.26 Å². The first-order valence-electron chi connectivity index (χ1n) is 4.09. The molecule has 0 amide bonds. The molecular formula is C10H10N2. The Morgan fingerprint density at radius 3 is 3.08 bits per heavy atom. The largest absolute Gasteiger partial charge is 0.399 e. The molecule has 1 aliphatic rings. The van der Waals surface area contributed by atoms with Crippen LogP contribution < -0.4 is 5.73 Å². The molecule has 1 aromatic carbocycles. The minimum absolute atomic E-state index is 0.0978. The molecule has 0 heterocycles. The molecule has 0 aromatic heterocycles. The molecule has 1 aliphatic carbocycles. The van der Waals surface area contributed by atoms with E-state index in [0.29, 0.717) is 0 Å². The Labute approximate surface area is 71.6 Å². The third-order valence-corrected chi connectivity index (χ3v) is 2.40. The van der Waals surface area contributed by atoms with E-state index in [1.807, 2.05) is 18.2 Å². The SMILES string of the molecule is N#CC1CCc2cc(N)ccc21. The third-order valence-electron chi connectivity index (χ3n) is 2.40. The van der Waals surface area contributed by atoms with Crippen LogP contribution in [0.5, 0.6) is 0 Å². The quantitative estimate of drug-likeness (QED) is 0.585. The van der Waals surface area contributed by atoms with Crippen molar-refractivity contribution in [3.63, 3.8) is 0 Å². The second kappa shape index (κ2) is 2.53. The van der Waals surface area contributed by atoms with Crippen LogP contribution in [0.4, 0.5) is 5.69 Å². The fourth-order valence-corrected chi connectivity index (χ4v) is 1.77. The highest BCUT2D eigenvalue weighted by Crippen LogP contribution is 2.33. The maximum absolute atomic E-state index is 8.80. The second-order valence-electron chi connectivity index (χ2n) is 3.18. The van der Waals surface area contributed by atoms with Crippen LogP contribution in [0.25, 0.3) is 0 Å². The van der Waals surface area contributed by atoms with Gasteiger partial charge in [0.25, 0.3) is 0 Å². The molecule has 60 valence electrons. The molecule has 0 bridgehead atoms. The summed E-state index contributed by atoms with van der Waals surface area (Å²) < 4.78 is 0. The van der Waals surface area contributed by atoms with Gasteiger partial charge in [0, 0.05) is 5.69 Å². The maximum Gasteiger partial charge on any atom is 0.0718 e. The lowest BCUT2D eigenvalue weighted by Crippen LogP contribution is -1.90. The zero-order valence-electron chi connectivity index (χ0n) is 6.75. The Hall–Kier alpha value is -1.49. The number of rotatable bonds is 0. The van der Waals surface area contributed by atoms with Crippen LogP contribution in [0.1, 0.15) is 23.5 Å². The molecule has 1 unspecified atom stereocenters. The van der Waals surface area contributed by atoms with E-state index < -0.39 is 0 Å². The number of fused-ring (bicyclic) bond motifs is 1. The average Bonchev–Trinajstić information content (AvgIpc) is 2.46. The van der Waals surface area contributed by atoms with E-state index in [4.69, 9.17) is 11.0 Å². The van der Waals surface area contributed by atoms with E-state index in [9.17, 15) is 0 Å². The number of hydrogen-bond acceptors (Lipinski definition) is 2. The Kier molecular flexibility index (Phi) is 1.51. The van der Waals surface area contributed by atoms with Crippen LogP contribution >= 0.6 is 0 Å². The molecule has 2 heteroatoms. The lowest BCUT2D eigenvalue weighted by Gasteiger charge is -2.01. The minimum atomic E-state index is 0.0978. The van der Waals surface area contributed by atoms with Crippen LogP contribution in [0.2, 0.25) is 0 Å². The standard InChI is InChI=1S/C10H10N2/c11-6-8-2-1-7-5-9(12)3-4-10(7)8/h3-5,8H,1-2,12H2. The molecular weight excluding hydrogens is 148 g/mol. The lowest BCUT2D eigenvalue weighted by molar-refractivity contribution is 0.826. The van der Waals surface area contributed by atoms with Gasteiger partial charge in [-0.15, -0.1) is 0 Å². The second-order valence-corrected chi connectivity index (χ2v) is 3.18. The molecule has 2 rings (SSSR count). The fraction of sp³-hybridized carbons (Fsp3) is 0.300. The van der Waals surface area contributed by atoms with Crippen LogP contribution in [-0.4, -0.2) is 0 Å². The number of benzene rings is 1. The van der Waals surface area contributed by atoms with E-state index >= 15 is 0 Å². The van der Waals surface area contributed by atoms with Crippen molar-refractivity contribution in [2.24, 2.45) is 0 Å². The van der Waals surface area contributed by atoms with Gasteiger partial charge in [0.15, 0.2) is 0 Å². The summed E-state index contributed by atoms with van der Waals surface area (Å²) in [4.78, 5) is 0. The van der Waals surface area contributed by atoms with Crippen molar-refractivity contribution in [2.75, 3.05) is 5.73 Å². The fourth-order valence-electron chi connectivity index (χ4n) is 1.77. The predicted molar refractivity (Wildman–Crippen MR) is 47.5 cm³/mol. The molecule has 0 saturated carbocycles. The van der Waals surface area contributed by atoms with Gasteiger partial charge in [-0.3, -0.25) is 0 Å². The summed E-state index contributed by atoms with van der Waals surface area (Å²) in [5.41, 5.74) is 8.86. The number of aryl methyl sites for hydroxylation is 1. The Balaban J connectivity index is 2.49. The zero-order chi connectivity index (χ0) is 8.55. The van der Waals surface area contributed by atoms with Gasteiger partial charge >= 0.3 is 0 Å². The highest BCUT2D eigenvalue weighted by atomic mass is 14.5. The highest BCUT2D eigenvalue weighted by Gasteiger charge is 2.21. The number of nitrogens with zero attached hydrogens (tertiary/aromatic N) is 1. The number of nitriles is 1. The van der Waals surface area contributed by atoms with E-state index in [2.05, 4.69) is 6.07 Å². The summed E-state index contributed by atoms with van der Waals surface area (Å²) in [7, 11) is 0. The average molecular weight is 158 g/mol. The molecule has 2 nitrogen and oxygen atoms in total. The van der Waals surface area contributed by atoms with E-state index in [1.165, 1.54) is 11.1 Å². The van der Waals surface area contributed by atoms with Gasteiger partial charge in [0.05, 0.1) is 12.0 Å². The highest BCUT2D eigenvalue weighted by molar-refractivity contribution is 5.49. The normalized spacial score (nSPS) is 20.1. The minimum Gasteiger partial charge on any atom is -0.399 e. The van der Waals surface area contributed by atoms with Crippen molar-refractivity contribution in [2.45, 2.75) is 18.8 Å². The van der Waals surface area contributed by atoms with Crippen molar-refractivity contribution in [3.05, 3.63) is 29.3 Å². The van der Waals surface area contributed by atoms with E-state index in [0.717, 1.165) is 18.5 Å². The van der Waals surface area contributed by atoms with Gasteiger partial charge in [-0.25, -0.2) is 0 Å². The number of nitrogens with two attached hydrogens (primary N) is 1. The van der Waals surface area contributed by atoms with Crippen molar-refractivity contribution in [1.82, 2.24) is 0 Å². The Bertz CT molecular complexity index is 349. The van der Waals surface area contributed by atoms with Crippen molar-refractivity contribution < 1.29 is 0 Å². The molecule has 1 atom stereocenters. The van der Waals surface area contributed by atoms with Crippen molar-refractivity contribution >= 4 is 5.69 Å². The number of nitrogen functional groups attached to an aromatic ring is 1. The molecule has 12 heavy (non-hydrogen) atoms. The summed E-state index contributed by atoms with van der Waals surface area (Å²) in [5, 5.41) is 8.80. The molecule has 0 spiro atoms. The first-order chi connectivity index (χ1) is 5.81. The monoisotopic (exact) mass is 158 g/mol. The van der Waals surface area contributed by atoms with Gasteiger partial charge < -0.3 is 5.73 Å². The van der Waals surface area contributed by atoms with Crippen LogP contribution in [0, 0.1) is 11.3 Å². The van der Waals surface area contributed by atoms with Gasteiger partial charge in [0.2, 0.25) is 0 Å². The predicted octanol–water partition coefficient (Wildman–Crippen LogP) is 1.82. The van der Waals surface area contributed by atoms with Crippen LogP contribution in [0.3, 0.4) is 0 Å². The van der Waals surface area contributed by atoms with Gasteiger partial charge in [0.1, 0.15) is 0 Å². The maximum atomic E-state index is 8.80. The number of hydrogen-bond donors (Lipinski definition) is 1. The first kappa shape index (κ1) is 7.17. The van der Waals surface area contributed by atoms with Crippen LogP contribution in [-0.2, 0) is 6.42 Å². The third kappa shape index (κ3) is 0.947. The lowest BCUT2D eigenvalue weighted by atomic mass is 10.0. The molecule has 1 aromatic rings. The van der Waals surface area contributed by atoms with Gasteiger partial charge in [-0.2, -0.15) is 5.26 Å². The molecule has 0 radical (unpaired) electrons. The zero-order valence-corrected chi connectivity index (χ0v) is 6.75. The molecule has 0 saturated heterocycles. The first-order valence-corrected chi connectivity index (χ1v) is 4.09. The summed E-state index contributed by atoms with van der Waals surface area (Å²) in [5.74, 6) is 0.0978. The summed E-state index contributed by atoms with van der Waals surface area (Å²) in [6.07, 6.45) is 1.95. The molecule has 2 N–H and O–H groups in total. The van der Waals surface area contributed by atoms with Crippen molar-refractivity contribution in [3.8, 4) is 6.07 Å². The number of anilines is 1. The van der Waals surface area contributed by atoms with Crippen LogP contribution in [0.15, 0.2) is 18.2 Å². The van der Waals surface area contributed by atoms with Gasteiger partial charge in [-0.1, -0.05) is 6.07 Å².